The van der Waals surface area contributed by atoms with E-state index in [1.807, 2.05) is 58.9 Å². The van der Waals surface area contributed by atoms with E-state index in [2.05, 4.69) is 20.4 Å². The molecule has 1 saturated heterocycles. The minimum absolute atomic E-state index is 0.000813. The topological polar surface area (TPSA) is 32.4 Å². The van der Waals surface area contributed by atoms with E-state index < -0.39 is 11.1 Å². The minimum Gasteiger partial charge on any atom is -0.490 e. The Bertz CT molecular complexity index is 552. The largest absolute Gasteiger partial charge is 0.490 e. The Labute approximate surface area is 140 Å². The number of hydrogen-bond donors (Lipinski definition) is 0. The lowest BCUT2D eigenvalue weighted by Gasteiger charge is -2.56. The summed E-state index contributed by atoms with van der Waals surface area (Å²) in [4.78, 5) is 0. The Morgan fingerprint density at radius 1 is 1.04 bits per heavy atom. The van der Waals surface area contributed by atoms with Crippen molar-refractivity contribution >= 4 is 5.57 Å². The fraction of sp³-hybridized carbons (Fsp3) is 0.600. The number of ether oxygens (including phenoxy) is 1. The molecule has 0 saturated carbocycles. The average Bonchev–Trinajstić information content (AvgIpc) is 2.49. The zero-order valence-electron chi connectivity index (χ0n) is 15.5. The van der Waals surface area contributed by atoms with Crippen molar-refractivity contribution in [3.05, 3.63) is 36.4 Å². The number of hydrogen-bond acceptors (Lipinski definition) is 2. The van der Waals surface area contributed by atoms with Crippen molar-refractivity contribution in [3.63, 3.8) is 0 Å². The fourth-order valence-electron chi connectivity index (χ4n) is 3.53. The Balaban J connectivity index is 2.28. The molecular formula is C20H30NO2. The van der Waals surface area contributed by atoms with Crippen LogP contribution in [0.1, 0.15) is 54.0 Å². The Hall–Kier alpha value is -1.32. The Morgan fingerprint density at radius 2 is 1.48 bits per heavy atom. The van der Waals surface area contributed by atoms with Gasteiger partial charge in [0, 0.05) is 11.8 Å². The van der Waals surface area contributed by atoms with Gasteiger partial charge in [-0.15, -0.1) is 10.3 Å². The van der Waals surface area contributed by atoms with Crippen LogP contribution < -0.4 is 4.74 Å². The highest BCUT2D eigenvalue weighted by atomic mass is 16.5. The Kier molecular flexibility index (Phi) is 4.67. The third kappa shape index (κ3) is 3.05. The van der Waals surface area contributed by atoms with Crippen LogP contribution in [0.4, 0.5) is 0 Å². The van der Waals surface area contributed by atoms with Gasteiger partial charge in [-0.2, -0.15) is 0 Å². The van der Waals surface area contributed by atoms with Crippen molar-refractivity contribution in [2.24, 2.45) is 11.8 Å². The lowest BCUT2D eigenvalue weighted by Crippen LogP contribution is -2.68. The van der Waals surface area contributed by atoms with Crippen molar-refractivity contribution in [2.75, 3.05) is 0 Å². The summed E-state index contributed by atoms with van der Waals surface area (Å²) in [6, 6.07) is 8.05. The normalized spacial score (nSPS) is 30.0. The van der Waals surface area contributed by atoms with Crippen LogP contribution in [0.15, 0.2) is 30.8 Å². The molecule has 1 aliphatic rings. The summed E-state index contributed by atoms with van der Waals surface area (Å²) in [5.41, 5.74) is 1.24. The number of benzene rings is 1. The van der Waals surface area contributed by atoms with E-state index in [9.17, 15) is 5.21 Å². The van der Waals surface area contributed by atoms with Gasteiger partial charge in [0.1, 0.15) is 11.9 Å². The molecule has 3 nitrogen and oxygen atoms in total. The van der Waals surface area contributed by atoms with E-state index in [4.69, 9.17) is 4.74 Å². The highest BCUT2D eigenvalue weighted by Crippen LogP contribution is 2.45. The van der Waals surface area contributed by atoms with Gasteiger partial charge >= 0.3 is 0 Å². The van der Waals surface area contributed by atoms with Crippen molar-refractivity contribution in [3.8, 4) is 5.75 Å². The molecule has 1 heterocycles. The maximum Gasteiger partial charge on any atom is 0.119 e. The van der Waals surface area contributed by atoms with Crippen LogP contribution in [0.25, 0.3) is 5.57 Å². The standard InChI is InChI=1S/C20H30NO2/c1-13(2)16-9-11-17(12-10-16)23-18-14(3)19(5,6)21(22)20(7,8)15(18)4/h9-12,14-15,18H,1H2,2-8H3. The first-order chi connectivity index (χ1) is 10.5. The molecule has 23 heavy (non-hydrogen) atoms. The predicted octanol–water partition coefficient (Wildman–Crippen LogP) is 4.96. The van der Waals surface area contributed by atoms with E-state index >= 15 is 0 Å². The zero-order valence-corrected chi connectivity index (χ0v) is 15.5. The monoisotopic (exact) mass is 316 g/mol. The van der Waals surface area contributed by atoms with E-state index in [1.54, 1.807) is 0 Å². The predicted molar refractivity (Wildman–Crippen MR) is 94.6 cm³/mol. The molecule has 0 bridgehead atoms. The number of hydroxylamine groups is 2. The van der Waals surface area contributed by atoms with Gasteiger partial charge < -0.3 is 4.74 Å². The van der Waals surface area contributed by atoms with Crippen molar-refractivity contribution in [1.29, 1.82) is 0 Å². The maximum absolute atomic E-state index is 12.8. The number of nitrogens with zero attached hydrogens (tertiary/aromatic N) is 1. The third-order valence-electron chi connectivity index (χ3n) is 5.88. The van der Waals surface area contributed by atoms with Crippen LogP contribution >= 0.6 is 0 Å². The van der Waals surface area contributed by atoms with Crippen LogP contribution in [0.3, 0.4) is 0 Å². The average molecular weight is 316 g/mol. The number of rotatable bonds is 3. The summed E-state index contributed by atoms with van der Waals surface area (Å²) < 4.78 is 6.34. The molecule has 0 aliphatic carbocycles. The molecule has 1 aromatic carbocycles. The van der Waals surface area contributed by atoms with Gasteiger partial charge in [0.15, 0.2) is 0 Å². The number of allylic oxidation sites excluding steroid dienone is 1. The van der Waals surface area contributed by atoms with Crippen LogP contribution in [-0.2, 0) is 5.21 Å². The smallest absolute Gasteiger partial charge is 0.119 e. The van der Waals surface area contributed by atoms with Crippen LogP contribution in [-0.4, -0.2) is 22.2 Å². The van der Waals surface area contributed by atoms with Crippen molar-refractivity contribution < 1.29 is 9.94 Å². The van der Waals surface area contributed by atoms with E-state index in [0.29, 0.717) is 0 Å². The summed E-state index contributed by atoms with van der Waals surface area (Å²) in [5, 5.41) is 14.0. The molecule has 1 fully saturated rings. The summed E-state index contributed by atoms with van der Waals surface area (Å²) >= 11 is 0. The summed E-state index contributed by atoms with van der Waals surface area (Å²) in [6.45, 7) is 18.2. The van der Waals surface area contributed by atoms with Crippen LogP contribution in [0.2, 0.25) is 0 Å². The molecule has 0 N–H and O–H groups in total. The molecule has 0 spiro atoms. The second kappa shape index (κ2) is 5.95. The molecule has 0 amide bonds. The second-order valence-corrected chi connectivity index (χ2v) is 8.07. The maximum atomic E-state index is 12.8. The van der Waals surface area contributed by atoms with E-state index in [-0.39, 0.29) is 17.9 Å². The first kappa shape index (κ1) is 18.0. The van der Waals surface area contributed by atoms with Crippen molar-refractivity contribution in [1.82, 2.24) is 5.06 Å². The van der Waals surface area contributed by atoms with E-state index in [0.717, 1.165) is 16.9 Å². The quantitative estimate of drug-likeness (QED) is 0.789. The molecular weight excluding hydrogens is 286 g/mol. The molecule has 2 atom stereocenters. The molecule has 1 aliphatic heterocycles. The van der Waals surface area contributed by atoms with Crippen LogP contribution in [0.5, 0.6) is 5.75 Å². The highest BCUT2D eigenvalue weighted by Gasteiger charge is 2.55. The minimum atomic E-state index is -0.460. The van der Waals surface area contributed by atoms with Crippen LogP contribution in [0, 0.1) is 11.8 Å². The molecule has 0 aromatic heterocycles. The van der Waals surface area contributed by atoms with Gasteiger partial charge in [-0.25, -0.2) is 0 Å². The van der Waals surface area contributed by atoms with E-state index in [1.165, 1.54) is 5.06 Å². The third-order valence-corrected chi connectivity index (χ3v) is 5.88. The summed E-state index contributed by atoms with van der Waals surface area (Å²) in [5.74, 6) is 1.11. The van der Waals surface area contributed by atoms with Gasteiger partial charge in [0.2, 0.25) is 0 Å². The lowest BCUT2D eigenvalue weighted by atomic mass is 9.67. The summed E-state index contributed by atoms with van der Waals surface area (Å²) in [6.07, 6.45) is 0.000813. The van der Waals surface area contributed by atoms with Gasteiger partial charge in [0.05, 0.1) is 11.1 Å². The summed E-state index contributed by atoms with van der Waals surface area (Å²) in [7, 11) is 0. The first-order valence-electron chi connectivity index (χ1n) is 8.39. The highest BCUT2D eigenvalue weighted by molar-refractivity contribution is 5.61. The molecule has 2 unspecified atom stereocenters. The molecule has 3 heteroatoms. The molecule has 2 rings (SSSR count). The van der Waals surface area contributed by atoms with Gasteiger partial charge in [-0.3, -0.25) is 0 Å². The number of piperidine rings is 1. The van der Waals surface area contributed by atoms with Gasteiger partial charge in [-0.05, 0) is 52.3 Å². The van der Waals surface area contributed by atoms with Gasteiger partial charge in [0.25, 0.3) is 0 Å². The Morgan fingerprint density at radius 3 is 1.87 bits per heavy atom. The first-order valence-corrected chi connectivity index (χ1v) is 8.39. The zero-order chi connectivity index (χ0) is 17.6. The molecule has 1 aromatic rings. The molecule has 1 radical (unpaired) electrons. The van der Waals surface area contributed by atoms with Crippen molar-refractivity contribution in [2.45, 2.75) is 65.6 Å². The fourth-order valence-corrected chi connectivity index (χ4v) is 3.53. The van der Waals surface area contributed by atoms with Gasteiger partial charge in [-0.1, -0.05) is 38.1 Å². The second-order valence-electron chi connectivity index (χ2n) is 8.07. The lowest BCUT2D eigenvalue weighted by molar-refractivity contribution is -0.326. The molecule has 127 valence electrons. The SMILES string of the molecule is C=C(C)c1ccc(OC2C(C)C(C)(C)N([O])C(C)(C)C2C)cc1.